The fourth-order valence-electron chi connectivity index (χ4n) is 4.20. The molecule has 0 radical (unpaired) electrons. The Morgan fingerprint density at radius 2 is 1.96 bits per heavy atom. The number of aliphatic imine (C=N–C) groups is 1. The lowest BCUT2D eigenvalue weighted by molar-refractivity contribution is -0.132. The first-order chi connectivity index (χ1) is 13.6. The number of rotatable bonds is 3. The summed E-state index contributed by atoms with van der Waals surface area (Å²) in [6.07, 6.45) is 0.491. The van der Waals surface area contributed by atoms with Gasteiger partial charge in [0.05, 0.1) is 24.8 Å². The van der Waals surface area contributed by atoms with Crippen LogP contribution in [0.1, 0.15) is 27.2 Å². The number of nitrogens with zero attached hydrogens (tertiary/aromatic N) is 2. The monoisotopic (exact) mass is 372 g/mol. The van der Waals surface area contributed by atoms with Gasteiger partial charge in [-0.3, -0.25) is 14.6 Å². The van der Waals surface area contributed by atoms with Crippen molar-refractivity contribution in [2.75, 3.05) is 13.1 Å². The highest BCUT2D eigenvalue weighted by Crippen LogP contribution is 2.32. The van der Waals surface area contributed by atoms with Crippen molar-refractivity contribution in [3.8, 4) is 0 Å². The van der Waals surface area contributed by atoms with E-state index in [2.05, 4.69) is 9.98 Å². The number of Topliss-reactive ketones (excluding diaryl/α,β-unsaturated/α-hetero) is 1. The number of aromatic nitrogens is 1. The zero-order valence-electron chi connectivity index (χ0n) is 15.3. The van der Waals surface area contributed by atoms with E-state index in [9.17, 15) is 9.59 Å². The molecule has 140 valence electrons. The van der Waals surface area contributed by atoms with Gasteiger partial charge in [-0.15, -0.1) is 0 Å². The van der Waals surface area contributed by atoms with Crippen LogP contribution < -0.4 is 5.73 Å². The zero-order valence-corrected chi connectivity index (χ0v) is 15.3. The summed E-state index contributed by atoms with van der Waals surface area (Å²) in [5.41, 5.74) is 11.6. The minimum Gasteiger partial charge on any atom is -0.356 e. The first-order valence-corrected chi connectivity index (χ1v) is 9.40. The van der Waals surface area contributed by atoms with Gasteiger partial charge in [0.1, 0.15) is 6.54 Å². The van der Waals surface area contributed by atoms with Gasteiger partial charge in [-0.1, -0.05) is 42.5 Å². The minimum atomic E-state index is -0.614. The molecule has 0 unspecified atom stereocenters. The number of carbonyl (C=O) groups excluding carboxylic acids is 2. The van der Waals surface area contributed by atoms with Crippen LogP contribution in [0, 0.1) is 0 Å². The molecule has 2 aliphatic heterocycles. The molecule has 0 saturated heterocycles. The Bertz CT molecular complexity index is 1130. The average molecular weight is 372 g/mol. The number of hydrogen-bond donors (Lipinski definition) is 2. The van der Waals surface area contributed by atoms with Crippen molar-refractivity contribution in [3.05, 3.63) is 70.9 Å². The number of carbonyl (C=O) groups is 2. The van der Waals surface area contributed by atoms with Gasteiger partial charge in [0.15, 0.2) is 5.78 Å². The molecule has 28 heavy (non-hydrogen) atoms. The summed E-state index contributed by atoms with van der Waals surface area (Å²) in [6, 6.07) is 14.9. The van der Waals surface area contributed by atoms with Gasteiger partial charge in [-0.25, -0.2) is 0 Å². The van der Waals surface area contributed by atoms with Crippen LogP contribution in [-0.2, 0) is 17.8 Å². The van der Waals surface area contributed by atoms with Crippen molar-refractivity contribution in [2.45, 2.75) is 19.0 Å². The minimum absolute atomic E-state index is 0.00737. The van der Waals surface area contributed by atoms with E-state index in [1.807, 2.05) is 48.5 Å². The molecular weight excluding hydrogens is 352 g/mol. The highest BCUT2D eigenvalue weighted by molar-refractivity contribution is 6.22. The van der Waals surface area contributed by atoms with Gasteiger partial charge >= 0.3 is 0 Å². The van der Waals surface area contributed by atoms with Crippen LogP contribution in [0.4, 0.5) is 0 Å². The maximum Gasteiger partial charge on any atom is 0.240 e. The molecule has 0 spiro atoms. The molecule has 0 bridgehead atoms. The largest absolute Gasteiger partial charge is 0.356 e. The summed E-state index contributed by atoms with van der Waals surface area (Å²) >= 11 is 0. The lowest BCUT2D eigenvalue weighted by atomic mass is 9.97. The third-order valence-electron chi connectivity index (χ3n) is 5.52. The van der Waals surface area contributed by atoms with E-state index < -0.39 is 6.04 Å². The molecule has 3 heterocycles. The normalized spacial score (nSPS) is 16.7. The molecule has 1 aromatic heterocycles. The fourth-order valence-corrected chi connectivity index (χ4v) is 4.20. The Hall–Kier alpha value is -3.25. The van der Waals surface area contributed by atoms with Crippen LogP contribution in [0.15, 0.2) is 53.5 Å². The second kappa shape index (κ2) is 6.42. The van der Waals surface area contributed by atoms with E-state index in [4.69, 9.17) is 5.73 Å². The Morgan fingerprint density at radius 1 is 1.14 bits per heavy atom. The molecule has 6 heteroatoms. The number of benzene rings is 2. The number of ketones is 1. The van der Waals surface area contributed by atoms with Crippen molar-refractivity contribution in [1.82, 2.24) is 9.88 Å². The smallest absolute Gasteiger partial charge is 0.240 e. The molecule has 1 amide bonds. The molecule has 0 fully saturated rings. The first-order valence-electron chi connectivity index (χ1n) is 9.40. The number of aromatic amines is 1. The molecule has 1 atom stereocenters. The van der Waals surface area contributed by atoms with Crippen LogP contribution >= 0.6 is 0 Å². The number of nitrogens with one attached hydrogen (secondary N) is 1. The fraction of sp³-hybridized carbons (Fsp3) is 0.227. The Labute approximate surface area is 162 Å². The second-order valence-electron chi connectivity index (χ2n) is 7.38. The average Bonchev–Trinajstić information content (AvgIpc) is 3.03. The molecule has 2 aliphatic rings. The quantitative estimate of drug-likeness (QED) is 0.737. The van der Waals surface area contributed by atoms with Crippen molar-refractivity contribution < 1.29 is 9.59 Å². The topological polar surface area (TPSA) is 91.6 Å². The second-order valence-corrected chi connectivity index (χ2v) is 7.38. The molecule has 3 aromatic rings. The number of H-pyrrole nitrogens is 1. The van der Waals surface area contributed by atoms with Gasteiger partial charge in [0, 0.05) is 27.7 Å². The third kappa shape index (κ3) is 2.65. The van der Waals surface area contributed by atoms with E-state index in [0.29, 0.717) is 25.1 Å². The summed E-state index contributed by atoms with van der Waals surface area (Å²) in [5.74, 6) is -0.0976. The maximum atomic E-state index is 13.0. The van der Waals surface area contributed by atoms with Crippen molar-refractivity contribution in [2.24, 2.45) is 10.7 Å². The molecule has 5 rings (SSSR count). The standard InChI is InChI=1S/C22H20N4O2/c23-15(9-13-5-2-1-3-6-13)22(28)26-11-17-21-18(12-26)25-16-8-4-7-14(20(16)21)19(27)10-24-17/h1-8,15,25H,9-12,23H2/t15-/m0/s1. The SMILES string of the molecule is N[C@@H](Cc1ccccc1)C(=O)N1CC2=NCC(=O)c3cccc4[nH]c(c2c34)C1. The zero-order chi connectivity index (χ0) is 19.3. The Morgan fingerprint density at radius 3 is 2.79 bits per heavy atom. The highest BCUT2D eigenvalue weighted by atomic mass is 16.2. The lowest BCUT2D eigenvalue weighted by Crippen LogP contribution is -2.48. The summed E-state index contributed by atoms with van der Waals surface area (Å²) in [7, 11) is 0. The number of nitrogens with two attached hydrogens (primary N) is 1. The molecule has 0 aliphatic carbocycles. The van der Waals surface area contributed by atoms with Crippen LogP contribution in [0.25, 0.3) is 10.9 Å². The van der Waals surface area contributed by atoms with Gasteiger partial charge in [0.2, 0.25) is 5.91 Å². The Kier molecular flexibility index (Phi) is 3.87. The van der Waals surface area contributed by atoms with Crippen molar-refractivity contribution in [3.63, 3.8) is 0 Å². The predicted molar refractivity (Wildman–Crippen MR) is 108 cm³/mol. The van der Waals surface area contributed by atoms with E-state index in [1.54, 1.807) is 4.90 Å². The van der Waals surface area contributed by atoms with E-state index in [1.165, 1.54) is 0 Å². The molecular formula is C22H20N4O2. The predicted octanol–water partition coefficient (Wildman–Crippen LogP) is 2.07. The van der Waals surface area contributed by atoms with Crippen LogP contribution in [0.2, 0.25) is 0 Å². The summed E-state index contributed by atoms with van der Waals surface area (Å²) in [4.78, 5) is 35.2. The molecule has 0 saturated carbocycles. The number of hydrogen-bond acceptors (Lipinski definition) is 4. The summed E-state index contributed by atoms with van der Waals surface area (Å²) in [5, 5.41) is 0.930. The van der Waals surface area contributed by atoms with Gasteiger partial charge in [-0.2, -0.15) is 0 Å². The van der Waals surface area contributed by atoms with Crippen LogP contribution in [-0.4, -0.2) is 46.4 Å². The first kappa shape index (κ1) is 16.9. The van der Waals surface area contributed by atoms with Gasteiger partial charge < -0.3 is 15.6 Å². The molecule has 3 N–H and O–H groups in total. The molecule has 2 aromatic carbocycles. The van der Waals surface area contributed by atoms with E-state index >= 15 is 0 Å². The highest BCUT2D eigenvalue weighted by Gasteiger charge is 2.33. The maximum absolute atomic E-state index is 13.0. The third-order valence-corrected chi connectivity index (χ3v) is 5.52. The lowest BCUT2D eigenvalue weighted by Gasteiger charge is -2.30. The van der Waals surface area contributed by atoms with Crippen LogP contribution in [0.3, 0.4) is 0 Å². The van der Waals surface area contributed by atoms with E-state index in [0.717, 1.165) is 33.4 Å². The van der Waals surface area contributed by atoms with Gasteiger partial charge in [-0.05, 0) is 18.1 Å². The van der Waals surface area contributed by atoms with Crippen LogP contribution in [0.5, 0.6) is 0 Å². The molecule has 6 nitrogen and oxygen atoms in total. The number of amides is 1. The van der Waals surface area contributed by atoms with Crippen molar-refractivity contribution in [1.29, 1.82) is 0 Å². The van der Waals surface area contributed by atoms with Crippen molar-refractivity contribution >= 4 is 28.3 Å². The Balaban J connectivity index is 1.48. The summed E-state index contributed by atoms with van der Waals surface area (Å²) in [6.45, 7) is 0.932. The van der Waals surface area contributed by atoms with E-state index in [-0.39, 0.29) is 18.2 Å². The van der Waals surface area contributed by atoms with Gasteiger partial charge in [0.25, 0.3) is 0 Å². The summed E-state index contributed by atoms with van der Waals surface area (Å²) < 4.78 is 0.